The van der Waals surface area contributed by atoms with Gasteiger partial charge in [-0.25, -0.2) is 4.98 Å². The lowest BCUT2D eigenvalue weighted by atomic mass is 10.1. The number of carbonyl (C=O) groups excluding carboxylic acids is 1. The molecule has 6 nitrogen and oxygen atoms in total. The molecule has 3 aromatic rings. The number of rotatable bonds is 5. The summed E-state index contributed by atoms with van der Waals surface area (Å²) in [5, 5.41) is 8.93. The van der Waals surface area contributed by atoms with Crippen LogP contribution >= 0.6 is 0 Å². The maximum Gasteiger partial charge on any atom is 0.274 e. The minimum atomic E-state index is -0.0951. The van der Waals surface area contributed by atoms with Crippen LogP contribution < -0.4 is 0 Å². The number of carbonyl (C=O) groups is 1. The van der Waals surface area contributed by atoms with Gasteiger partial charge in [0.25, 0.3) is 5.91 Å². The fourth-order valence-corrected chi connectivity index (χ4v) is 2.80. The first-order valence-corrected chi connectivity index (χ1v) is 8.72. The molecule has 136 valence electrons. The summed E-state index contributed by atoms with van der Waals surface area (Å²) >= 11 is 0. The van der Waals surface area contributed by atoms with Crippen LogP contribution in [0.15, 0.2) is 55.1 Å². The molecule has 0 unspecified atom stereocenters. The Morgan fingerprint density at radius 3 is 2.56 bits per heavy atom. The van der Waals surface area contributed by atoms with Gasteiger partial charge in [-0.2, -0.15) is 5.26 Å². The van der Waals surface area contributed by atoms with E-state index >= 15 is 0 Å². The number of nitrogens with zero attached hydrogens (tertiary/aromatic N) is 5. The summed E-state index contributed by atoms with van der Waals surface area (Å²) in [6.07, 6.45) is 5.10. The number of nitriles is 1. The van der Waals surface area contributed by atoms with Crippen LogP contribution in [0.25, 0.3) is 11.3 Å². The van der Waals surface area contributed by atoms with Gasteiger partial charge in [-0.15, -0.1) is 0 Å². The third-order valence-electron chi connectivity index (χ3n) is 4.30. The normalized spacial score (nSPS) is 10.6. The van der Waals surface area contributed by atoms with Crippen molar-refractivity contribution in [3.05, 3.63) is 71.9 Å². The number of aryl methyl sites for hydroxylation is 1. The quantitative estimate of drug-likeness (QED) is 0.700. The second kappa shape index (κ2) is 7.83. The van der Waals surface area contributed by atoms with Crippen LogP contribution in [0.4, 0.5) is 0 Å². The monoisotopic (exact) mass is 359 g/mol. The van der Waals surface area contributed by atoms with Gasteiger partial charge in [0.05, 0.1) is 23.7 Å². The molecule has 0 radical (unpaired) electrons. The highest BCUT2D eigenvalue weighted by Crippen LogP contribution is 2.20. The topological polar surface area (TPSA) is 74.8 Å². The first-order chi connectivity index (χ1) is 13.0. The smallest absolute Gasteiger partial charge is 0.274 e. The van der Waals surface area contributed by atoms with Crippen LogP contribution in [0.2, 0.25) is 0 Å². The Hall–Kier alpha value is -3.46. The zero-order valence-corrected chi connectivity index (χ0v) is 15.6. The van der Waals surface area contributed by atoms with E-state index < -0.39 is 0 Å². The van der Waals surface area contributed by atoms with Gasteiger partial charge in [0.2, 0.25) is 0 Å². The van der Waals surface area contributed by atoms with E-state index in [2.05, 4.69) is 16.0 Å². The van der Waals surface area contributed by atoms with E-state index in [9.17, 15) is 4.79 Å². The summed E-state index contributed by atoms with van der Waals surface area (Å²) in [5.41, 5.74) is 3.78. The SMILES string of the molecule is CC(C)N(Cc1ccnc(-c2ccc(C#N)cc2)c1)C(=O)c1cn(C)cn1. The highest BCUT2D eigenvalue weighted by Gasteiger charge is 2.21. The number of benzene rings is 1. The molecule has 0 fully saturated rings. The van der Waals surface area contributed by atoms with Crippen LogP contribution in [-0.4, -0.2) is 31.4 Å². The summed E-state index contributed by atoms with van der Waals surface area (Å²) in [6.45, 7) is 4.45. The van der Waals surface area contributed by atoms with E-state index in [4.69, 9.17) is 5.26 Å². The number of pyridine rings is 1. The molecule has 3 rings (SSSR count). The van der Waals surface area contributed by atoms with E-state index in [-0.39, 0.29) is 11.9 Å². The van der Waals surface area contributed by atoms with Gasteiger partial charge in [-0.05, 0) is 43.7 Å². The summed E-state index contributed by atoms with van der Waals surface area (Å²) in [5.74, 6) is -0.0951. The van der Waals surface area contributed by atoms with Crippen molar-refractivity contribution in [1.29, 1.82) is 5.26 Å². The van der Waals surface area contributed by atoms with Gasteiger partial charge in [-0.3, -0.25) is 9.78 Å². The van der Waals surface area contributed by atoms with Gasteiger partial charge < -0.3 is 9.47 Å². The lowest BCUT2D eigenvalue weighted by Gasteiger charge is -2.26. The fraction of sp³-hybridized carbons (Fsp3) is 0.238. The largest absolute Gasteiger partial charge is 0.340 e. The summed E-state index contributed by atoms with van der Waals surface area (Å²) < 4.78 is 1.77. The molecule has 0 aliphatic rings. The number of amides is 1. The summed E-state index contributed by atoms with van der Waals surface area (Å²) in [4.78, 5) is 23.2. The number of aromatic nitrogens is 3. The highest BCUT2D eigenvalue weighted by atomic mass is 16.2. The van der Waals surface area contributed by atoms with E-state index in [1.807, 2.05) is 45.2 Å². The average Bonchev–Trinajstić information content (AvgIpc) is 3.12. The molecule has 0 saturated carbocycles. The summed E-state index contributed by atoms with van der Waals surface area (Å²) in [6, 6.07) is 13.3. The summed E-state index contributed by atoms with van der Waals surface area (Å²) in [7, 11) is 1.84. The maximum absolute atomic E-state index is 12.8. The number of hydrogen-bond donors (Lipinski definition) is 0. The second-order valence-electron chi connectivity index (χ2n) is 6.69. The van der Waals surface area contributed by atoms with Crippen molar-refractivity contribution in [2.45, 2.75) is 26.4 Å². The van der Waals surface area contributed by atoms with Crippen LogP contribution in [0.1, 0.15) is 35.5 Å². The van der Waals surface area contributed by atoms with Crippen molar-refractivity contribution < 1.29 is 4.79 Å². The molecule has 2 heterocycles. The molecule has 0 N–H and O–H groups in total. The van der Waals surface area contributed by atoms with Crippen molar-refractivity contribution in [3.8, 4) is 17.3 Å². The van der Waals surface area contributed by atoms with Gasteiger partial charge in [0, 0.05) is 37.6 Å². The predicted molar refractivity (Wildman–Crippen MR) is 103 cm³/mol. The lowest BCUT2D eigenvalue weighted by Crippen LogP contribution is -2.36. The molecule has 6 heteroatoms. The molecule has 0 spiro atoms. The van der Waals surface area contributed by atoms with E-state index in [0.717, 1.165) is 16.8 Å². The van der Waals surface area contributed by atoms with Gasteiger partial charge >= 0.3 is 0 Å². The maximum atomic E-state index is 12.8. The Balaban J connectivity index is 1.84. The molecule has 0 atom stereocenters. The Labute approximate surface area is 158 Å². The third kappa shape index (κ3) is 4.21. The zero-order chi connectivity index (χ0) is 19.4. The van der Waals surface area contributed by atoms with Crippen LogP contribution in [0, 0.1) is 11.3 Å². The Morgan fingerprint density at radius 2 is 1.96 bits per heavy atom. The Bertz CT molecular complexity index is 982. The molecule has 1 aromatic carbocycles. The van der Waals surface area contributed by atoms with Crippen molar-refractivity contribution in [2.75, 3.05) is 0 Å². The first kappa shape index (κ1) is 18.3. The van der Waals surface area contributed by atoms with Gasteiger partial charge in [0.15, 0.2) is 0 Å². The first-order valence-electron chi connectivity index (χ1n) is 8.72. The zero-order valence-electron chi connectivity index (χ0n) is 15.6. The standard InChI is InChI=1S/C21H21N5O/c1-15(2)26(21(27)20-13-25(3)14-24-20)12-17-8-9-23-19(10-17)18-6-4-16(11-22)5-7-18/h4-10,13-15H,12H2,1-3H3. The minimum Gasteiger partial charge on any atom is -0.340 e. The number of imidazole rings is 1. The van der Waals surface area contributed by atoms with Crippen LogP contribution in [0.5, 0.6) is 0 Å². The van der Waals surface area contributed by atoms with E-state index in [1.54, 1.807) is 40.3 Å². The predicted octanol–water partition coefficient (Wildman–Crippen LogP) is 3.40. The second-order valence-corrected chi connectivity index (χ2v) is 6.69. The van der Waals surface area contributed by atoms with Crippen molar-refractivity contribution in [2.24, 2.45) is 7.05 Å². The molecule has 0 saturated heterocycles. The van der Waals surface area contributed by atoms with Crippen molar-refractivity contribution >= 4 is 5.91 Å². The average molecular weight is 359 g/mol. The molecule has 0 aliphatic heterocycles. The van der Waals surface area contributed by atoms with Crippen molar-refractivity contribution in [3.63, 3.8) is 0 Å². The van der Waals surface area contributed by atoms with Crippen LogP contribution in [0.3, 0.4) is 0 Å². The molecular weight excluding hydrogens is 338 g/mol. The Morgan fingerprint density at radius 1 is 1.22 bits per heavy atom. The number of hydrogen-bond acceptors (Lipinski definition) is 4. The molecule has 0 aliphatic carbocycles. The van der Waals surface area contributed by atoms with E-state index in [1.165, 1.54) is 0 Å². The minimum absolute atomic E-state index is 0.0334. The van der Waals surface area contributed by atoms with Crippen molar-refractivity contribution in [1.82, 2.24) is 19.4 Å². The Kier molecular flexibility index (Phi) is 5.32. The lowest BCUT2D eigenvalue weighted by molar-refractivity contribution is 0.0684. The van der Waals surface area contributed by atoms with E-state index in [0.29, 0.717) is 17.8 Å². The molecule has 1 amide bonds. The van der Waals surface area contributed by atoms with Crippen LogP contribution in [-0.2, 0) is 13.6 Å². The van der Waals surface area contributed by atoms with Gasteiger partial charge in [0.1, 0.15) is 5.69 Å². The highest BCUT2D eigenvalue weighted by molar-refractivity contribution is 5.92. The molecule has 27 heavy (non-hydrogen) atoms. The fourth-order valence-electron chi connectivity index (χ4n) is 2.80. The molecule has 2 aromatic heterocycles. The third-order valence-corrected chi connectivity index (χ3v) is 4.30. The van der Waals surface area contributed by atoms with Gasteiger partial charge in [-0.1, -0.05) is 12.1 Å². The molecular formula is C21H21N5O. The molecule has 0 bridgehead atoms.